The smallest absolute Gasteiger partial charge is 0.255 e. The van der Waals surface area contributed by atoms with Gasteiger partial charge in [-0.1, -0.05) is 23.7 Å². The van der Waals surface area contributed by atoms with Gasteiger partial charge in [0.05, 0.1) is 23.9 Å². The Kier molecular flexibility index (Phi) is 5.45. The van der Waals surface area contributed by atoms with E-state index >= 15 is 0 Å². The molecule has 0 aliphatic heterocycles. The summed E-state index contributed by atoms with van der Waals surface area (Å²) in [4.78, 5) is 12.3. The Morgan fingerprint density at radius 3 is 2.57 bits per heavy atom. The average molecular weight is 338 g/mol. The third kappa shape index (κ3) is 4.13. The molecular weight excluding hydrogens is 321 g/mol. The molecule has 1 amide bonds. The van der Waals surface area contributed by atoms with Crippen LogP contribution in [-0.2, 0) is 0 Å². The van der Waals surface area contributed by atoms with Crippen molar-refractivity contribution >= 4 is 23.2 Å². The second-order valence-corrected chi connectivity index (χ2v) is 5.50. The second-order valence-electron chi connectivity index (χ2n) is 5.09. The molecule has 0 bridgehead atoms. The van der Waals surface area contributed by atoms with E-state index in [0.717, 1.165) is 0 Å². The van der Waals surface area contributed by atoms with Crippen LogP contribution >= 0.6 is 11.6 Å². The van der Waals surface area contributed by atoms with Crippen molar-refractivity contribution < 1.29 is 18.7 Å². The Hall–Kier alpha value is -2.27. The molecule has 0 saturated heterocycles. The zero-order valence-corrected chi connectivity index (χ0v) is 13.8. The van der Waals surface area contributed by atoms with Gasteiger partial charge < -0.3 is 14.8 Å². The van der Waals surface area contributed by atoms with Crippen molar-refractivity contribution in [2.45, 2.75) is 20.0 Å². The fraction of sp³-hybridized carbons (Fsp3) is 0.235. The summed E-state index contributed by atoms with van der Waals surface area (Å²) in [6.45, 7) is 3.71. The van der Waals surface area contributed by atoms with E-state index in [-0.39, 0.29) is 22.4 Å². The summed E-state index contributed by atoms with van der Waals surface area (Å²) in [7, 11) is 1.46. The molecule has 0 atom stereocenters. The fourth-order valence-electron chi connectivity index (χ4n) is 1.96. The highest BCUT2D eigenvalue weighted by Gasteiger charge is 2.17. The van der Waals surface area contributed by atoms with Crippen molar-refractivity contribution in [3.63, 3.8) is 0 Å². The quantitative estimate of drug-likeness (QED) is 0.872. The number of amides is 1. The Bertz CT molecular complexity index is 719. The average Bonchev–Trinajstić information content (AvgIpc) is 2.50. The predicted octanol–water partition coefficient (Wildman–Crippen LogP) is 4.53. The first-order valence-electron chi connectivity index (χ1n) is 7.02. The molecule has 23 heavy (non-hydrogen) atoms. The normalized spacial score (nSPS) is 10.5. The number of hydrogen-bond acceptors (Lipinski definition) is 3. The molecule has 6 heteroatoms. The van der Waals surface area contributed by atoms with E-state index in [2.05, 4.69) is 5.32 Å². The van der Waals surface area contributed by atoms with Crippen LogP contribution in [0.4, 0.5) is 10.1 Å². The topological polar surface area (TPSA) is 47.6 Å². The molecule has 2 aromatic rings. The monoisotopic (exact) mass is 337 g/mol. The Labute approximate surface area is 139 Å². The van der Waals surface area contributed by atoms with Gasteiger partial charge in [0.2, 0.25) is 0 Å². The first-order valence-corrected chi connectivity index (χ1v) is 7.40. The molecule has 0 radical (unpaired) electrons. The molecule has 0 fully saturated rings. The van der Waals surface area contributed by atoms with Crippen LogP contribution in [0.2, 0.25) is 5.02 Å². The largest absolute Gasteiger partial charge is 0.493 e. The lowest BCUT2D eigenvalue weighted by Gasteiger charge is -2.16. The Balaban J connectivity index is 2.31. The summed E-state index contributed by atoms with van der Waals surface area (Å²) in [5, 5.41) is 2.74. The van der Waals surface area contributed by atoms with Crippen LogP contribution in [0.5, 0.6) is 11.5 Å². The van der Waals surface area contributed by atoms with Gasteiger partial charge in [-0.2, -0.15) is 0 Å². The fourth-order valence-corrected chi connectivity index (χ4v) is 2.21. The van der Waals surface area contributed by atoms with Gasteiger partial charge in [0.15, 0.2) is 11.5 Å². The molecule has 0 saturated carbocycles. The number of hydrogen-bond donors (Lipinski definition) is 1. The maximum Gasteiger partial charge on any atom is 0.255 e. The van der Waals surface area contributed by atoms with Crippen molar-refractivity contribution in [2.24, 2.45) is 0 Å². The molecule has 4 nitrogen and oxygen atoms in total. The van der Waals surface area contributed by atoms with Crippen LogP contribution < -0.4 is 14.8 Å². The molecule has 0 aliphatic carbocycles. The molecule has 2 rings (SSSR count). The number of halogens is 2. The van der Waals surface area contributed by atoms with Crippen molar-refractivity contribution in [1.29, 1.82) is 0 Å². The molecule has 1 N–H and O–H groups in total. The summed E-state index contributed by atoms with van der Waals surface area (Å²) < 4.78 is 24.4. The SMILES string of the molecule is COc1cc(C(=O)Nc2ccccc2F)cc(Cl)c1OC(C)C. The van der Waals surface area contributed by atoms with Gasteiger partial charge in [-0.25, -0.2) is 4.39 Å². The second kappa shape index (κ2) is 7.33. The van der Waals surface area contributed by atoms with Gasteiger partial charge in [-0.05, 0) is 38.1 Å². The molecule has 2 aromatic carbocycles. The van der Waals surface area contributed by atoms with Gasteiger partial charge >= 0.3 is 0 Å². The molecule has 122 valence electrons. The highest BCUT2D eigenvalue weighted by molar-refractivity contribution is 6.32. The number of nitrogens with one attached hydrogen (secondary N) is 1. The number of carbonyl (C=O) groups is 1. The zero-order chi connectivity index (χ0) is 17.0. The summed E-state index contributed by atoms with van der Waals surface area (Å²) in [5.74, 6) is -0.304. The van der Waals surface area contributed by atoms with Gasteiger partial charge in [0, 0.05) is 5.56 Å². The summed E-state index contributed by atoms with van der Waals surface area (Å²) in [6.07, 6.45) is -0.0977. The van der Waals surface area contributed by atoms with Crippen LogP contribution in [0.15, 0.2) is 36.4 Å². The van der Waals surface area contributed by atoms with E-state index in [1.54, 1.807) is 12.1 Å². The standard InChI is InChI=1S/C17H17ClFNO3/c1-10(2)23-16-12(18)8-11(9-15(16)22-3)17(21)20-14-7-5-4-6-13(14)19/h4-10H,1-3H3,(H,20,21). The van der Waals surface area contributed by atoms with Crippen molar-refractivity contribution in [1.82, 2.24) is 0 Å². The minimum absolute atomic E-state index is 0.0927. The summed E-state index contributed by atoms with van der Waals surface area (Å²) in [5.41, 5.74) is 0.335. The van der Waals surface area contributed by atoms with Crippen molar-refractivity contribution in [3.05, 3.63) is 52.8 Å². The highest BCUT2D eigenvalue weighted by atomic mass is 35.5. The van der Waals surface area contributed by atoms with Crippen LogP contribution in [0.3, 0.4) is 0 Å². The minimum atomic E-state index is -0.515. The van der Waals surface area contributed by atoms with Crippen LogP contribution in [0.1, 0.15) is 24.2 Å². The summed E-state index contributed by atoms with van der Waals surface area (Å²) >= 11 is 6.18. The third-order valence-corrected chi connectivity index (χ3v) is 3.25. The number of anilines is 1. The lowest BCUT2D eigenvalue weighted by Crippen LogP contribution is -2.14. The van der Waals surface area contributed by atoms with Gasteiger partial charge in [-0.15, -0.1) is 0 Å². The number of ether oxygens (including phenoxy) is 2. The Morgan fingerprint density at radius 1 is 1.26 bits per heavy atom. The van der Waals surface area contributed by atoms with Crippen LogP contribution in [-0.4, -0.2) is 19.1 Å². The van der Waals surface area contributed by atoms with Gasteiger partial charge in [0.1, 0.15) is 5.82 Å². The number of carbonyl (C=O) groups excluding carboxylic acids is 1. The highest BCUT2D eigenvalue weighted by Crippen LogP contribution is 2.37. The molecule has 0 heterocycles. The van der Waals surface area contributed by atoms with E-state index in [1.165, 1.54) is 31.4 Å². The summed E-state index contributed by atoms with van der Waals surface area (Å²) in [6, 6.07) is 8.87. The van der Waals surface area contributed by atoms with Gasteiger partial charge in [0.25, 0.3) is 5.91 Å². The predicted molar refractivity (Wildman–Crippen MR) is 88.1 cm³/mol. The number of rotatable bonds is 5. The van der Waals surface area contributed by atoms with E-state index in [4.69, 9.17) is 21.1 Å². The lowest BCUT2D eigenvalue weighted by molar-refractivity contribution is 0.102. The molecule has 0 spiro atoms. The van der Waals surface area contributed by atoms with Gasteiger partial charge in [-0.3, -0.25) is 4.79 Å². The zero-order valence-electron chi connectivity index (χ0n) is 13.0. The minimum Gasteiger partial charge on any atom is -0.493 e. The van der Waals surface area contributed by atoms with E-state index in [1.807, 2.05) is 13.8 Å². The van der Waals surface area contributed by atoms with E-state index in [9.17, 15) is 9.18 Å². The number of benzene rings is 2. The maximum absolute atomic E-state index is 13.6. The van der Waals surface area contributed by atoms with Crippen molar-refractivity contribution in [3.8, 4) is 11.5 Å². The lowest BCUT2D eigenvalue weighted by atomic mass is 10.1. The third-order valence-electron chi connectivity index (χ3n) is 2.97. The molecule has 0 aromatic heterocycles. The van der Waals surface area contributed by atoms with Crippen LogP contribution in [0.25, 0.3) is 0 Å². The number of para-hydroxylation sites is 1. The Morgan fingerprint density at radius 2 is 1.96 bits per heavy atom. The molecular formula is C17H17ClFNO3. The maximum atomic E-state index is 13.6. The molecule has 0 aliphatic rings. The van der Waals surface area contributed by atoms with E-state index in [0.29, 0.717) is 11.5 Å². The van der Waals surface area contributed by atoms with E-state index < -0.39 is 11.7 Å². The van der Waals surface area contributed by atoms with Crippen LogP contribution in [0, 0.1) is 5.82 Å². The van der Waals surface area contributed by atoms with Crippen molar-refractivity contribution in [2.75, 3.05) is 12.4 Å². The number of methoxy groups -OCH3 is 1. The first-order chi connectivity index (χ1) is 10.9. The molecule has 0 unspecified atom stereocenters. The first kappa shape index (κ1) is 17.1.